The Bertz CT molecular complexity index is 324. The van der Waals surface area contributed by atoms with Gasteiger partial charge in [0.05, 0.1) is 12.4 Å². The van der Waals surface area contributed by atoms with Crippen LogP contribution < -0.4 is 0 Å². The fourth-order valence-electron chi connectivity index (χ4n) is 0.875. The third kappa shape index (κ3) is 8.96. The van der Waals surface area contributed by atoms with Crippen molar-refractivity contribution in [1.82, 2.24) is 9.37 Å². The molecule has 0 spiro atoms. The zero-order valence-corrected chi connectivity index (χ0v) is 13.4. The van der Waals surface area contributed by atoms with Gasteiger partial charge in [0, 0.05) is 27.1 Å². The third-order valence-corrected chi connectivity index (χ3v) is 4.39. The summed E-state index contributed by atoms with van der Waals surface area (Å²) in [5.41, 5.74) is 0. The van der Waals surface area contributed by atoms with Gasteiger partial charge in [0.1, 0.15) is 0 Å². The number of hydrogen-bond acceptors (Lipinski definition) is 4. The van der Waals surface area contributed by atoms with Gasteiger partial charge in [-0.15, -0.1) is 0 Å². The van der Waals surface area contributed by atoms with Gasteiger partial charge < -0.3 is 0 Å². The summed E-state index contributed by atoms with van der Waals surface area (Å²) >= 11 is 0. The van der Waals surface area contributed by atoms with Crippen LogP contribution in [0.1, 0.15) is 35.1 Å². The molecule has 0 aromatic rings. The van der Waals surface area contributed by atoms with Gasteiger partial charge in [0.2, 0.25) is 15.9 Å². The predicted octanol–water partition coefficient (Wildman–Crippen LogP) is 1.58. The molecule has 0 saturated heterocycles. The van der Waals surface area contributed by atoms with Crippen molar-refractivity contribution in [3.8, 4) is 0 Å². The Morgan fingerprint density at radius 1 is 1.05 bits per heavy atom. The minimum absolute atomic E-state index is 0. The molecule has 0 fully saturated rings. The first-order chi connectivity index (χ1) is 7.98. The highest BCUT2D eigenvalue weighted by atomic mass is 32.2. The molecule has 0 saturated carbocycles. The summed E-state index contributed by atoms with van der Waals surface area (Å²) in [6.07, 6.45) is 0. The predicted molar refractivity (Wildman–Crippen MR) is 79.1 cm³/mol. The van der Waals surface area contributed by atoms with Crippen LogP contribution in [-0.4, -0.2) is 57.2 Å². The van der Waals surface area contributed by atoms with Crippen LogP contribution in [0.15, 0.2) is 0 Å². The molecule has 0 N–H and O–H groups in total. The zero-order chi connectivity index (χ0) is 15.1. The van der Waals surface area contributed by atoms with Crippen molar-refractivity contribution in [2.75, 3.05) is 28.3 Å². The van der Waals surface area contributed by atoms with Gasteiger partial charge >= 0.3 is 0 Å². The highest BCUT2D eigenvalue weighted by molar-refractivity contribution is 7.89. The number of carbonyl (C=O) groups is 1. The van der Waals surface area contributed by atoms with Gasteiger partial charge in [0.25, 0.3) is 0 Å². The third-order valence-electron chi connectivity index (χ3n) is 2.18. The maximum atomic E-state index is 11.0. The van der Waals surface area contributed by atoms with Crippen molar-refractivity contribution >= 4 is 15.9 Å². The maximum absolute atomic E-state index is 11.0. The van der Waals surface area contributed by atoms with Gasteiger partial charge in [-0.25, -0.2) is 17.8 Å². The Morgan fingerprint density at radius 2 is 1.42 bits per heavy atom. The summed E-state index contributed by atoms with van der Waals surface area (Å²) in [5, 5.41) is 0.914. The average Bonchev–Trinajstić information content (AvgIpc) is 2.27. The Hall–Kier alpha value is -0.660. The molecule has 6 nitrogen and oxygen atoms in total. The van der Waals surface area contributed by atoms with E-state index in [1.165, 1.54) is 30.6 Å². The standard InChI is InChI=1S/C6H13NO2.C5H13NO2S.CH4/c1-5(2)6(8)7(3)9-4;1-5(2)9(7,8)6(3)4;/h2*5H,1-4H3;1H4. The number of sulfonamides is 1. The number of rotatable bonds is 4. The van der Waals surface area contributed by atoms with Crippen molar-refractivity contribution in [2.45, 2.75) is 40.4 Å². The number of amides is 1. The normalized spacial score (nSPS) is 10.9. The first-order valence-electron chi connectivity index (χ1n) is 5.71. The van der Waals surface area contributed by atoms with Gasteiger partial charge in [-0.05, 0) is 13.8 Å². The Labute approximate surface area is 118 Å². The van der Waals surface area contributed by atoms with Crippen LogP contribution in [0.2, 0.25) is 0 Å². The second kappa shape index (κ2) is 10.2. The van der Waals surface area contributed by atoms with E-state index in [-0.39, 0.29) is 24.5 Å². The summed E-state index contributed by atoms with van der Waals surface area (Å²) in [6.45, 7) is 6.99. The molecule has 0 aliphatic carbocycles. The topological polar surface area (TPSA) is 66.9 Å². The number of nitrogens with zero attached hydrogens (tertiary/aromatic N) is 2. The van der Waals surface area contributed by atoms with Crippen LogP contribution in [-0.2, 0) is 19.7 Å². The first kappa shape index (κ1) is 23.4. The highest BCUT2D eigenvalue weighted by Gasteiger charge is 2.17. The quantitative estimate of drug-likeness (QED) is 0.739. The molecular formula is C12H30N2O4S. The fourth-order valence-corrected chi connectivity index (χ4v) is 1.72. The molecule has 0 aromatic carbocycles. The molecule has 0 unspecified atom stereocenters. The molecule has 1 amide bonds. The highest BCUT2D eigenvalue weighted by Crippen LogP contribution is 2.01. The molecule has 0 rings (SSSR count). The van der Waals surface area contributed by atoms with Crippen LogP contribution in [0.5, 0.6) is 0 Å². The van der Waals surface area contributed by atoms with Crippen LogP contribution in [0, 0.1) is 5.92 Å². The van der Waals surface area contributed by atoms with Crippen molar-refractivity contribution in [2.24, 2.45) is 5.92 Å². The molecule has 0 atom stereocenters. The van der Waals surface area contributed by atoms with E-state index in [0.717, 1.165) is 0 Å². The lowest BCUT2D eigenvalue weighted by Gasteiger charge is -2.15. The SMILES string of the molecule is C.CC(C)S(=O)(=O)N(C)C.CON(C)C(=O)C(C)C. The fraction of sp³-hybridized carbons (Fsp3) is 0.917. The second-order valence-corrected chi connectivity index (χ2v) is 7.25. The Balaban J connectivity index is -0.000000256. The van der Waals surface area contributed by atoms with E-state index in [1.807, 2.05) is 13.8 Å². The van der Waals surface area contributed by atoms with Gasteiger partial charge in [-0.1, -0.05) is 21.3 Å². The van der Waals surface area contributed by atoms with Crippen molar-refractivity contribution in [1.29, 1.82) is 0 Å². The molecule has 0 radical (unpaired) electrons. The van der Waals surface area contributed by atoms with Crippen LogP contribution in [0.4, 0.5) is 0 Å². The number of carbonyl (C=O) groups excluding carboxylic acids is 1. The van der Waals surface area contributed by atoms with E-state index in [4.69, 9.17) is 0 Å². The lowest BCUT2D eigenvalue weighted by Crippen LogP contribution is -2.29. The lowest BCUT2D eigenvalue weighted by atomic mass is 10.2. The summed E-state index contributed by atoms with van der Waals surface area (Å²) in [6, 6.07) is 0. The zero-order valence-electron chi connectivity index (χ0n) is 12.6. The van der Waals surface area contributed by atoms with Crippen molar-refractivity contribution < 1.29 is 18.0 Å². The number of hydrogen-bond donors (Lipinski definition) is 0. The van der Waals surface area contributed by atoms with Crippen molar-refractivity contribution in [3.05, 3.63) is 0 Å². The molecule has 7 heteroatoms. The van der Waals surface area contributed by atoms with Crippen molar-refractivity contribution in [3.63, 3.8) is 0 Å². The molecule has 0 aliphatic rings. The van der Waals surface area contributed by atoms with Gasteiger partial charge in [0.15, 0.2) is 0 Å². The van der Waals surface area contributed by atoms with Crippen LogP contribution in [0.3, 0.4) is 0 Å². The smallest absolute Gasteiger partial charge is 0.248 e. The number of hydroxylamine groups is 2. The summed E-state index contributed by atoms with van der Waals surface area (Å²) in [4.78, 5) is 15.5. The monoisotopic (exact) mass is 298 g/mol. The largest absolute Gasteiger partial charge is 0.275 e. The van der Waals surface area contributed by atoms with Crippen LogP contribution in [0.25, 0.3) is 0 Å². The molecule has 0 aromatic heterocycles. The van der Waals surface area contributed by atoms with E-state index in [0.29, 0.717) is 0 Å². The lowest BCUT2D eigenvalue weighted by molar-refractivity contribution is -0.172. The van der Waals surface area contributed by atoms with Crippen LogP contribution >= 0.6 is 0 Å². The summed E-state index contributed by atoms with van der Waals surface area (Å²) in [7, 11) is 3.16. The van der Waals surface area contributed by atoms with E-state index < -0.39 is 10.0 Å². The molecule has 0 bridgehead atoms. The molecule has 0 aliphatic heterocycles. The van der Waals surface area contributed by atoms with E-state index in [1.54, 1.807) is 20.9 Å². The Morgan fingerprint density at radius 3 is 1.47 bits per heavy atom. The summed E-state index contributed by atoms with van der Waals surface area (Å²) in [5.74, 6) is 0.00690. The Kier molecular flexibility index (Phi) is 12.5. The minimum Gasteiger partial charge on any atom is -0.275 e. The van der Waals surface area contributed by atoms with E-state index in [9.17, 15) is 13.2 Å². The second-order valence-electron chi connectivity index (χ2n) is 4.55. The summed E-state index contributed by atoms with van der Waals surface area (Å²) < 4.78 is 23.1. The molecular weight excluding hydrogens is 268 g/mol. The van der Waals surface area contributed by atoms with Gasteiger partial charge in [-0.3, -0.25) is 9.63 Å². The maximum Gasteiger partial charge on any atom is 0.248 e. The van der Waals surface area contributed by atoms with Gasteiger partial charge in [-0.2, -0.15) is 0 Å². The van der Waals surface area contributed by atoms with E-state index >= 15 is 0 Å². The minimum atomic E-state index is -2.98. The molecule has 0 heterocycles. The van der Waals surface area contributed by atoms with E-state index in [2.05, 4.69) is 4.84 Å². The molecule has 19 heavy (non-hydrogen) atoms. The first-order valence-corrected chi connectivity index (χ1v) is 7.21. The molecule has 118 valence electrons. The average molecular weight is 298 g/mol.